The zero-order chi connectivity index (χ0) is 15.7. The molecule has 116 valence electrons. The van der Waals surface area contributed by atoms with Crippen molar-refractivity contribution in [2.24, 2.45) is 10.5 Å². The zero-order valence-corrected chi connectivity index (χ0v) is 13.1. The van der Waals surface area contributed by atoms with Crippen molar-refractivity contribution < 1.29 is 14.3 Å². The average Bonchev–Trinajstić information content (AvgIpc) is 2.89. The van der Waals surface area contributed by atoms with Crippen LogP contribution < -0.4 is 14.9 Å². The molecule has 1 aromatic rings. The Balaban J connectivity index is 1.72. The van der Waals surface area contributed by atoms with E-state index < -0.39 is 0 Å². The number of benzene rings is 1. The van der Waals surface area contributed by atoms with E-state index in [9.17, 15) is 4.79 Å². The van der Waals surface area contributed by atoms with E-state index in [1.807, 2.05) is 6.08 Å². The summed E-state index contributed by atoms with van der Waals surface area (Å²) < 4.78 is 10.5. The van der Waals surface area contributed by atoms with Gasteiger partial charge in [0.15, 0.2) is 11.5 Å². The molecular weight excluding hydrogens is 280 g/mol. The van der Waals surface area contributed by atoms with Crippen LogP contribution in [0.2, 0.25) is 0 Å². The predicted molar refractivity (Wildman–Crippen MR) is 84.2 cm³/mol. The molecule has 0 unspecified atom stereocenters. The molecule has 1 heterocycles. The van der Waals surface area contributed by atoms with Gasteiger partial charge < -0.3 is 9.47 Å². The topological polar surface area (TPSA) is 59.9 Å². The Bertz CT molecular complexity index is 674. The summed E-state index contributed by atoms with van der Waals surface area (Å²) in [5.41, 5.74) is 5.50. The predicted octanol–water partition coefficient (Wildman–Crippen LogP) is 3.27. The third-order valence-electron chi connectivity index (χ3n) is 3.77. The van der Waals surface area contributed by atoms with Crippen LogP contribution in [0, 0.1) is 5.41 Å². The third kappa shape index (κ3) is 3.13. The van der Waals surface area contributed by atoms with Crippen LogP contribution in [-0.4, -0.2) is 18.4 Å². The van der Waals surface area contributed by atoms with E-state index >= 15 is 0 Å². The number of allylic oxidation sites excluding steroid dienone is 2. The molecule has 0 radical (unpaired) electrons. The molecule has 5 heteroatoms. The Kier molecular flexibility index (Phi) is 3.64. The van der Waals surface area contributed by atoms with E-state index in [1.165, 1.54) is 5.57 Å². The number of amides is 1. The lowest BCUT2D eigenvalue weighted by Gasteiger charge is -2.29. The summed E-state index contributed by atoms with van der Waals surface area (Å²) in [6.07, 6.45) is 3.96. The molecule has 1 amide bonds. The number of ether oxygens (including phenoxy) is 2. The monoisotopic (exact) mass is 300 g/mol. The van der Waals surface area contributed by atoms with E-state index in [0.717, 1.165) is 18.6 Å². The molecular formula is C17H20N2O3. The van der Waals surface area contributed by atoms with E-state index in [1.54, 1.807) is 18.2 Å². The molecule has 0 saturated heterocycles. The van der Waals surface area contributed by atoms with Gasteiger partial charge in [0.2, 0.25) is 6.79 Å². The fourth-order valence-electron chi connectivity index (χ4n) is 2.99. The molecule has 1 aromatic carbocycles. The molecule has 1 N–H and O–H groups in total. The van der Waals surface area contributed by atoms with Crippen LogP contribution in [0.1, 0.15) is 44.0 Å². The number of nitrogens with one attached hydrogen (secondary N) is 1. The van der Waals surface area contributed by atoms with Crippen molar-refractivity contribution in [3.63, 3.8) is 0 Å². The van der Waals surface area contributed by atoms with Gasteiger partial charge in [-0.25, -0.2) is 5.43 Å². The Hall–Kier alpha value is -2.30. The lowest BCUT2D eigenvalue weighted by Crippen LogP contribution is -2.25. The Morgan fingerprint density at radius 1 is 1.23 bits per heavy atom. The Labute approximate surface area is 130 Å². The summed E-state index contributed by atoms with van der Waals surface area (Å²) in [5.74, 6) is 1.01. The molecule has 2 aliphatic rings. The SMILES string of the molecule is CC1=C/C(=N\NC(=O)c2ccc3c(c2)OCO3)CC(C)(C)C1. The summed E-state index contributed by atoms with van der Waals surface area (Å²) in [4.78, 5) is 12.2. The first-order valence-corrected chi connectivity index (χ1v) is 7.37. The second-order valence-corrected chi connectivity index (χ2v) is 6.62. The number of hydrogen-bond donors (Lipinski definition) is 1. The highest BCUT2D eigenvalue weighted by Crippen LogP contribution is 2.34. The van der Waals surface area contributed by atoms with Crippen molar-refractivity contribution in [3.8, 4) is 11.5 Å². The van der Waals surface area contributed by atoms with Crippen LogP contribution in [0.25, 0.3) is 0 Å². The fraction of sp³-hybridized carbons (Fsp3) is 0.412. The van der Waals surface area contributed by atoms with Gasteiger partial charge in [0.25, 0.3) is 5.91 Å². The Morgan fingerprint density at radius 2 is 2.00 bits per heavy atom. The summed E-state index contributed by atoms with van der Waals surface area (Å²) in [7, 11) is 0. The fourth-order valence-corrected chi connectivity index (χ4v) is 2.99. The number of fused-ring (bicyclic) bond motifs is 1. The number of nitrogens with zero attached hydrogens (tertiary/aromatic N) is 1. The van der Waals surface area contributed by atoms with Gasteiger partial charge >= 0.3 is 0 Å². The van der Waals surface area contributed by atoms with Crippen LogP contribution in [-0.2, 0) is 0 Å². The van der Waals surface area contributed by atoms with Gasteiger partial charge in [0, 0.05) is 5.56 Å². The minimum absolute atomic E-state index is 0.182. The van der Waals surface area contributed by atoms with Gasteiger partial charge in [0.05, 0.1) is 5.71 Å². The highest BCUT2D eigenvalue weighted by atomic mass is 16.7. The standard InChI is InChI=1S/C17H20N2O3/c1-11-6-13(9-17(2,3)8-11)18-19-16(20)12-4-5-14-15(7-12)22-10-21-14/h4-7H,8-10H2,1-3H3,(H,19,20)/b18-13+. The summed E-state index contributed by atoms with van der Waals surface area (Å²) >= 11 is 0. The molecule has 5 nitrogen and oxygen atoms in total. The second kappa shape index (κ2) is 5.48. The van der Waals surface area contributed by atoms with Crippen LogP contribution in [0.3, 0.4) is 0 Å². The maximum atomic E-state index is 12.2. The van der Waals surface area contributed by atoms with Crippen molar-refractivity contribution >= 4 is 11.6 Å². The molecule has 1 aliphatic carbocycles. The molecule has 1 aliphatic heterocycles. The molecule has 0 bridgehead atoms. The number of rotatable bonds is 2. The highest BCUT2D eigenvalue weighted by Gasteiger charge is 2.25. The van der Waals surface area contributed by atoms with E-state index in [0.29, 0.717) is 17.1 Å². The van der Waals surface area contributed by atoms with Crippen molar-refractivity contribution in [3.05, 3.63) is 35.4 Å². The smallest absolute Gasteiger partial charge is 0.271 e. The first-order chi connectivity index (χ1) is 10.4. The molecule has 0 spiro atoms. The first-order valence-electron chi connectivity index (χ1n) is 7.37. The number of carbonyl (C=O) groups excluding carboxylic acids is 1. The van der Waals surface area contributed by atoms with E-state index in [2.05, 4.69) is 31.3 Å². The van der Waals surface area contributed by atoms with Gasteiger partial charge in [-0.3, -0.25) is 4.79 Å². The average molecular weight is 300 g/mol. The molecule has 0 aromatic heterocycles. The largest absolute Gasteiger partial charge is 0.454 e. The summed E-state index contributed by atoms with van der Waals surface area (Å²) in [6.45, 7) is 6.70. The maximum absolute atomic E-state index is 12.2. The molecule has 0 atom stereocenters. The van der Waals surface area contributed by atoms with Gasteiger partial charge in [0.1, 0.15) is 0 Å². The van der Waals surface area contributed by atoms with E-state index in [4.69, 9.17) is 9.47 Å². The number of hydrogen-bond acceptors (Lipinski definition) is 4. The highest BCUT2D eigenvalue weighted by molar-refractivity contribution is 5.99. The van der Waals surface area contributed by atoms with Crippen molar-refractivity contribution in [2.75, 3.05) is 6.79 Å². The van der Waals surface area contributed by atoms with Gasteiger partial charge in [-0.1, -0.05) is 19.4 Å². The lowest BCUT2D eigenvalue weighted by atomic mass is 9.77. The molecule has 0 saturated carbocycles. The third-order valence-corrected chi connectivity index (χ3v) is 3.77. The maximum Gasteiger partial charge on any atom is 0.271 e. The zero-order valence-electron chi connectivity index (χ0n) is 13.1. The van der Waals surface area contributed by atoms with Crippen LogP contribution in [0.5, 0.6) is 11.5 Å². The first kappa shape index (κ1) is 14.6. The summed E-state index contributed by atoms with van der Waals surface area (Å²) in [5, 5.41) is 4.27. The van der Waals surface area contributed by atoms with Crippen molar-refractivity contribution in [1.82, 2.24) is 5.43 Å². The van der Waals surface area contributed by atoms with Crippen molar-refractivity contribution in [2.45, 2.75) is 33.6 Å². The van der Waals surface area contributed by atoms with Gasteiger partial charge in [-0.2, -0.15) is 5.10 Å². The molecule has 3 rings (SSSR count). The van der Waals surface area contributed by atoms with Gasteiger partial charge in [-0.05, 0) is 49.5 Å². The molecule has 22 heavy (non-hydrogen) atoms. The number of hydrazone groups is 1. The van der Waals surface area contributed by atoms with Gasteiger partial charge in [-0.15, -0.1) is 0 Å². The Morgan fingerprint density at radius 3 is 2.77 bits per heavy atom. The minimum atomic E-state index is -0.250. The lowest BCUT2D eigenvalue weighted by molar-refractivity contribution is 0.0954. The van der Waals surface area contributed by atoms with Crippen molar-refractivity contribution in [1.29, 1.82) is 0 Å². The molecule has 0 fully saturated rings. The van der Waals surface area contributed by atoms with Crippen LogP contribution in [0.15, 0.2) is 34.9 Å². The quantitative estimate of drug-likeness (QED) is 0.853. The van der Waals surface area contributed by atoms with Crippen LogP contribution >= 0.6 is 0 Å². The van der Waals surface area contributed by atoms with E-state index in [-0.39, 0.29) is 18.1 Å². The van der Waals surface area contributed by atoms with Crippen LogP contribution in [0.4, 0.5) is 0 Å². The number of carbonyl (C=O) groups is 1. The summed E-state index contributed by atoms with van der Waals surface area (Å²) in [6, 6.07) is 5.11. The second-order valence-electron chi connectivity index (χ2n) is 6.62. The minimum Gasteiger partial charge on any atom is -0.454 e. The normalized spacial score (nSPS) is 20.7.